The van der Waals surface area contributed by atoms with Crippen molar-refractivity contribution < 1.29 is 14.0 Å². The summed E-state index contributed by atoms with van der Waals surface area (Å²) in [7, 11) is 0. The summed E-state index contributed by atoms with van der Waals surface area (Å²) in [5.41, 5.74) is 4.95. The molecule has 118 valence electrons. The van der Waals surface area contributed by atoms with Gasteiger partial charge in [-0.25, -0.2) is 4.79 Å². The molecule has 1 aliphatic rings. The Hall–Kier alpha value is -2.49. The van der Waals surface area contributed by atoms with E-state index in [4.69, 9.17) is 4.42 Å². The van der Waals surface area contributed by atoms with Crippen LogP contribution in [0.25, 0.3) is 0 Å². The maximum Gasteiger partial charge on any atom is 0.339 e. The first-order chi connectivity index (χ1) is 10.7. The molecule has 3 rings (SSSR count). The van der Waals surface area contributed by atoms with E-state index < -0.39 is 5.63 Å². The average molecular weight is 310 g/mol. The van der Waals surface area contributed by atoms with Crippen molar-refractivity contribution in [1.29, 1.82) is 0 Å². The third kappa shape index (κ3) is 1.81. The number of rotatable bonds is 0. The summed E-state index contributed by atoms with van der Waals surface area (Å²) < 4.78 is 5.19. The molecule has 0 aliphatic heterocycles. The maximum absolute atomic E-state index is 13.1. The fourth-order valence-electron chi connectivity index (χ4n) is 3.28. The molecular formula is C19H18O4. The van der Waals surface area contributed by atoms with Gasteiger partial charge in [-0.05, 0) is 69.4 Å². The highest BCUT2D eigenvalue weighted by Crippen LogP contribution is 2.36. The van der Waals surface area contributed by atoms with Crippen LogP contribution >= 0.6 is 0 Å². The van der Waals surface area contributed by atoms with E-state index in [2.05, 4.69) is 0 Å². The van der Waals surface area contributed by atoms with Crippen LogP contribution in [0.5, 0.6) is 0 Å². The highest BCUT2D eigenvalue weighted by atomic mass is 16.4. The lowest BCUT2D eigenvalue weighted by Gasteiger charge is -2.24. The summed E-state index contributed by atoms with van der Waals surface area (Å²) in [6, 6.07) is 0. The van der Waals surface area contributed by atoms with Gasteiger partial charge < -0.3 is 4.42 Å². The molecular weight excluding hydrogens is 292 g/mol. The number of ketones is 2. The zero-order valence-electron chi connectivity index (χ0n) is 14.1. The second kappa shape index (κ2) is 4.75. The first-order valence-corrected chi connectivity index (χ1v) is 7.52. The molecule has 0 spiro atoms. The summed E-state index contributed by atoms with van der Waals surface area (Å²) >= 11 is 0. The Bertz CT molecular complexity index is 974. The molecule has 0 saturated heterocycles. The van der Waals surface area contributed by atoms with E-state index in [0.717, 1.165) is 22.3 Å². The van der Waals surface area contributed by atoms with Gasteiger partial charge in [0.1, 0.15) is 0 Å². The molecule has 0 radical (unpaired) electrons. The van der Waals surface area contributed by atoms with Crippen LogP contribution in [0.2, 0.25) is 0 Å². The molecule has 4 nitrogen and oxygen atoms in total. The molecule has 1 aromatic carbocycles. The van der Waals surface area contributed by atoms with Crippen LogP contribution < -0.4 is 5.63 Å². The first kappa shape index (κ1) is 15.4. The molecule has 0 atom stereocenters. The van der Waals surface area contributed by atoms with Crippen LogP contribution in [0.4, 0.5) is 0 Å². The van der Waals surface area contributed by atoms with Crippen LogP contribution in [0, 0.1) is 41.5 Å². The number of fused-ring (bicyclic) bond motifs is 2. The predicted molar refractivity (Wildman–Crippen MR) is 86.7 cm³/mol. The molecule has 0 fully saturated rings. The lowest BCUT2D eigenvalue weighted by Crippen LogP contribution is -2.28. The number of hydrogen-bond acceptors (Lipinski definition) is 4. The van der Waals surface area contributed by atoms with E-state index in [1.165, 1.54) is 0 Å². The highest BCUT2D eigenvalue weighted by Gasteiger charge is 2.37. The largest absolute Gasteiger partial charge is 0.418 e. The number of carbonyl (C=O) groups excluding carboxylic acids is 2. The Morgan fingerprint density at radius 2 is 0.957 bits per heavy atom. The second-order valence-corrected chi connectivity index (χ2v) is 6.25. The zero-order valence-corrected chi connectivity index (χ0v) is 14.1. The van der Waals surface area contributed by atoms with Gasteiger partial charge in [0.05, 0.1) is 5.56 Å². The fraction of sp³-hybridized carbons (Fsp3) is 0.316. The molecule has 2 aromatic rings. The van der Waals surface area contributed by atoms with Crippen molar-refractivity contribution in [3.8, 4) is 0 Å². The number of hydrogen-bond donors (Lipinski definition) is 0. The molecule has 0 saturated carbocycles. The van der Waals surface area contributed by atoms with Crippen LogP contribution in [-0.4, -0.2) is 11.6 Å². The van der Waals surface area contributed by atoms with Gasteiger partial charge in [0.2, 0.25) is 5.78 Å². The van der Waals surface area contributed by atoms with Crippen molar-refractivity contribution in [2.75, 3.05) is 0 Å². The molecule has 0 bridgehead atoms. The molecule has 1 aromatic heterocycles. The minimum atomic E-state index is -0.566. The molecule has 23 heavy (non-hydrogen) atoms. The summed E-state index contributed by atoms with van der Waals surface area (Å²) in [5.74, 6) is -0.734. The van der Waals surface area contributed by atoms with Gasteiger partial charge in [-0.3, -0.25) is 9.59 Å². The quantitative estimate of drug-likeness (QED) is 0.639. The molecule has 0 N–H and O–H groups in total. The highest BCUT2D eigenvalue weighted by molar-refractivity contribution is 6.29. The molecule has 1 heterocycles. The Morgan fingerprint density at radius 1 is 0.522 bits per heavy atom. The van der Waals surface area contributed by atoms with Gasteiger partial charge in [0.15, 0.2) is 11.5 Å². The first-order valence-electron chi connectivity index (χ1n) is 7.52. The molecule has 4 heteroatoms. The van der Waals surface area contributed by atoms with Gasteiger partial charge in [0.25, 0.3) is 0 Å². The van der Waals surface area contributed by atoms with E-state index in [0.29, 0.717) is 22.3 Å². The van der Waals surface area contributed by atoms with E-state index >= 15 is 0 Å². The molecule has 0 amide bonds. The third-order valence-electron chi connectivity index (χ3n) is 5.24. The lowest BCUT2D eigenvalue weighted by atomic mass is 9.78. The minimum absolute atomic E-state index is 0.124. The summed E-state index contributed by atoms with van der Waals surface area (Å²) in [5, 5.41) is 0. The van der Waals surface area contributed by atoms with Gasteiger partial charge in [-0.1, -0.05) is 0 Å². The van der Waals surface area contributed by atoms with Crippen molar-refractivity contribution in [2.24, 2.45) is 0 Å². The van der Waals surface area contributed by atoms with Crippen molar-refractivity contribution >= 4 is 11.6 Å². The Labute approximate surface area is 134 Å². The zero-order chi connectivity index (χ0) is 17.2. The molecule has 0 unspecified atom stereocenters. The Kier molecular flexibility index (Phi) is 3.18. The Balaban J connectivity index is 2.51. The van der Waals surface area contributed by atoms with E-state index in [9.17, 15) is 14.4 Å². The maximum atomic E-state index is 13.1. The SMILES string of the molecule is Cc1c(C)c(C)c2c(c1C)C(=O)c1oc(=O)c(C)c(C)c1C2=O. The van der Waals surface area contributed by atoms with E-state index in [-0.39, 0.29) is 22.9 Å². The summed E-state index contributed by atoms with van der Waals surface area (Å²) in [4.78, 5) is 37.9. The van der Waals surface area contributed by atoms with Gasteiger partial charge in [-0.15, -0.1) is 0 Å². The van der Waals surface area contributed by atoms with Crippen LogP contribution in [0.15, 0.2) is 9.21 Å². The average Bonchev–Trinajstić information content (AvgIpc) is 2.51. The van der Waals surface area contributed by atoms with Gasteiger partial charge in [0, 0.05) is 16.7 Å². The summed E-state index contributed by atoms with van der Waals surface area (Å²) in [6.07, 6.45) is 0. The fourth-order valence-corrected chi connectivity index (χ4v) is 3.28. The standard InChI is InChI=1S/C19H18O4/c1-7-8(2)10(4)14-13(9(7)3)16(20)15-11(5)12(6)19(22)23-18(15)17(14)21/h1-6H3. The van der Waals surface area contributed by atoms with E-state index in [1.54, 1.807) is 13.8 Å². The predicted octanol–water partition coefficient (Wildman–Crippen LogP) is 3.27. The second-order valence-electron chi connectivity index (χ2n) is 6.25. The van der Waals surface area contributed by atoms with Crippen molar-refractivity contribution in [3.63, 3.8) is 0 Å². The van der Waals surface area contributed by atoms with Crippen molar-refractivity contribution in [2.45, 2.75) is 41.5 Å². The minimum Gasteiger partial charge on any atom is -0.418 e. The van der Waals surface area contributed by atoms with Crippen LogP contribution in [0.3, 0.4) is 0 Å². The monoisotopic (exact) mass is 310 g/mol. The van der Waals surface area contributed by atoms with Crippen LogP contribution in [0.1, 0.15) is 65.4 Å². The van der Waals surface area contributed by atoms with Crippen LogP contribution in [-0.2, 0) is 0 Å². The Morgan fingerprint density at radius 3 is 1.48 bits per heavy atom. The van der Waals surface area contributed by atoms with Gasteiger partial charge in [-0.2, -0.15) is 0 Å². The van der Waals surface area contributed by atoms with Crippen molar-refractivity contribution in [3.05, 3.63) is 66.3 Å². The van der Waals surface area contributed by atoms with Crippen molar-refractivity contribution in [1.82, 2.24) is 0 Å². The lowest BCUT2D eigenvalue weighted by molar-refractivity contribution is 0.0951. The third-order valence-corrected chi connectivity index (χ3v) is 5.24. The molecule has 1 aliphatic carbocycles. The van der Waals surface area contributed by atoms with E-state index in [1.807, 2.05) is 27.7 Å². The number of benzene rings is 1. The normalized spacial score (nSPS) is 13.1. The topological polar surface area (TPSA) is 64.3 Å². The summed E-state index contributed by atoms with van der Waals surface area (Å²) in [6.45, 7) is 10.9. The number of carbonyl (C=O) groups is 2. The smallest absolute Gasteiger partial charge is 0.339 e. The van der Waals surface area contributed by atoms with Gasteiger partial charge >= 0.3 is 5.63 Å².